The van der Waals surface area contributed by atoms with E-state index >= 15 is 0 Å². The Balaban J connectivity index is 1.96. The first kappa shape index (κ1) is 17.4. The highest BCUT2D eigenvalue weighted by Gasteiger charge is 2.18. The van der Waals surface area contributed by atoms with Crippen LogP contribution in [0.4, 0.5) is 11.4 Å². The van der Waals surface area contributed by atoms with Gasteiger partial charge >= 0.3 is 5.97 Å². The van der Waals surface area contributed by atoms with Gasteiger partial charge in [0.2, 0.25) is 0 Å². The standard InChI is InChI=1S/C18H20ClN3O3/c1-24-18(23)16-3-2-14(22-6-4-21-5-7-22)11-17(16)25-15-9-12(19)8-13(20)10-15/h2-3,8-11,21H,4-7,20H2,1H3. The summed E-state index contributed by atoms with van der Waals surface area (Å²) in [4.78, 5) is 14.3. The largest absolute Gasteiger partial charge is 0.465 e. The predicted molar refractivity (Wildman–Crippen MR) is 98.8 cm³/mol. The Bertz CT molecular complexity index is 756. The molecule has 7 heteroatoms. The van der Waals surface area contributed by atoms with E-state index in [-0.39, 0.29) is 0 Å². The number of nitrogens with zero attached hydrogens (tertiary/aromatic N) is 1. The third-order valence-corrected chi connectivity index (χ3v) is 4.19. The van der Waals surface area contributed by atoms with Crippen LogP contribution in [-0.4, -0.2) is 39.3 Å². The van der Waals surface area contributed by atoms with Crippen LogP contribution in [0.2, 0.25) is 5.02 Å². The minimum atomic E-state index is -0.461. The molecule has 1 fully saturated rings. The lowest BCUT2D eigenvalue weighted by atomic mass is 10.1. The number of esters is 1. The number of hydrogen-bond donors (Lipinski definition) is 2. The molecule has 0 aromatic heterocycles. The lowest BCUT2D eigenvalue weighted by Crippen LogP contribution is -2.43. The Labute approximate surface area is 151 Å². The third kappa shape index (κ3) is 4.15. The zero-order chi connectivity index (χ0) is 17.8. The molecule has 0 amide bonds. The van der Waals surface area contributed by atoms with Gasteiger partial charge in [-0.1, -0.05) is 11.6 Å². The van der Waals surface area contributed by atoms with Crippen molar-refractivity contribution >= 4 is 28.9 Å². The van der Waals surface area contributed by atoms with Gasteiger partial charge in [0.05, 0.1) is 7.11 Å². The first-order valence-electron chi connectivity index (χ1n) is 7.99. The van der Waals surface area contributed by atoms with E-state index in [1.165, 1.54) is 7.11 Å². The van der Waals surface area contributed by atoms with Crippen LogP contribution < -0.4 is 20.7 Å². The Morgan fingerprint density at radius 3 is 2.64 bits per heavy atom. The molecule has 0 aliphatic carbocycles. The number of halogens is 1. The average Bonchev–Trinajstić information content (AvgIpc) is 2.61. The van der Waals surface area contributed by atoms with Gasteiger partial charge in [0, 0.05) is 54.7 Å². The van der Waals surface area contributed by atoms with Crippen molar-refractivity contribution in [2.45, 2.75) is 0 Å². The second-order valence-electron chi connectivity index (χ2n) is 5.73. The summed E-state index contributed by atoms with van der Waals surface area (Å²) in [6.07, 6.45) is 0. The quantitative estimate of drug-likeness (QED) is 0.644. The Hall–Kier alpha value is -2.44. The predicted octanol–water partition coefficient (Wildman–Crippen LogP) is 2.91. The molecular weight excluding hydrogens is 342 g/mol. The normalized spacial score (nSPS) is 14.2. The highest BCUT2D eigenvalue weighted by atomic mass is 35.5. The minimum absolute atomic E-state index is 0.347. The van der Waals surface area contributed by atoms with Gasteiger partial charge < -0.3 is 25.4 Å². The van der Waals surface area contributed by atoms with E-state index in [4.69, 9.17) is 26.8 Å². The molecule has 0 atom stereocenters. The van der Waals surface area contributed by atoms with Gasteiger partial charge in [0.15, 0.2) is 0 Å². The molecule has 0 unspecified atom stereocenters. The summed E-state index contributed by atoms with van der Waals surface area (Å²) in [5, 5.41) is 3.78. The fourth-order valence-corrected chi connectivity index (χ4v) is 3.00. The number of nitrogen functional groups attached to an aromatic ring is 1. The maximum atomic E-state index is 12.1. The van der Waals surface area contributed by atoms with Crippen molar-refractivity contribution in [3.63, 3.8) is 0 Å². The first-order chi connectivity index (χ1) is 12.1. The number of benzene rings is 2. The molecule has 3 N–H and O–H groups in total. The smallest absolute Gasteiger partial charge is 0.341 e. The number of ether oxygens (including phenoxy) is 2. The molecule has 1 aliphatic rings. The van der Waals surface area contributed by atoms with Gasteiger partial charge in [-0.25, -0.2) is 4.79 Å². The second kappa shape index (κ2) is 7.63. The third-order valence-electron chi connectivity index (χ3n) is 3.97. The van der Waals surface area contributed by atoms with Gasteiger partial charge in [-0.3, -0.25) is 0 Å². The van der Waals surface area contributed by atoms with Gasteiger partial charge in [0.25, 0.3) is 0 Å². The Morgan fingerprint density at radius 1 is 1.20 bits per heavy atom. The Morgan fingerprint density at radius 2 is 1.96 bits per heavy atom. The fourth-order valence-electron chi connectivity index (χ4n) is 2.76. The fraction of sp³-hybridized carbons (Fsp3) is 0.278. The SMILES string of the molecule is COC(=O)c1ccc(N2CCNCC2)cc1Oc1cc(N)cc(Cl)c1. The molecule has 2 aromatic rings. The highest BCUT2D eigenvalue weighted by molar-refractivity contribution is 6.31. The zero-order valence-electron chi connectivity index (χ0n) is 13.9. The van der Waals surface area contributed by atoms with E-state index < -0.39 is 5.97 Å². The maximum Gasteiger partial charge on any atom is 0.341 e. The van der Waals surface area contributed by atoms with E-state index in [2.05, 4.69) is 10.2 Å². The maximum absolute atomic E-state index is 12.1. The molecule has 132 valence electrons. The van der Waals surface area contributed by atoms with Crippen LogP contribution in [0, 0.1) is 0 Å². The van der Waals surface area contributed by atoms with E-state index in [9.17, 15) is 4.79 Å². The molecule has 0 saturated carbocycles. The van der Waals surface area contributed by atoms with Gasteiger partial charge in [-0.05, 0) is 24.3 Å². The molecular formula is C18H20ClN3O3. The molecule has 0 spiro atoms. The van der Waals surface area contributed by atoms with Gasteiger partial charge in [0.1, 0.15) is 17.1 Å². The molecule has 1 saturated heterocycles. The number of nitrogens with one attached hydrogen (secondary N) is 1. The van der Waals surface area contributed by atoms with Crippen molar-refractivity contribution in [1.82, 2.24) is 5.32 Å². The van der Waals surface area contributed by atoms with Gasteiger partial charge in [-0.15, -0.1) is 0 Å². The van der Waals surface area contributed by atoms with Crippen LogP contribution in [0.25, 0.3) is 0 Å². The number of carbonyl (C=O) groups is 1. The van der Waals surface area contributed by atoms with Crippen molar-refractivity contribution in [2.24, 2.45) is 0 Å². The number of rotatable bonds is 4. The van der Waals surface area contributed by atoms with Crippen molar-refractivity contribution < 1.29 is 14.3 Å². The van der Waals surface area contributed by atoms with Crippen molar-refractivity contribution in [2.75, 3.05) is 43.9 Å². The number of anilines is 2. The summed E-state index contributed by atoms with van der Waals surface area (Å²) < 4.78 is 10.8. The van der Waals surface area contributed by atoms with E-state index in [0.717, 1.165) is 31.9 Å². The number of carbonyl (C=O) groups excluding carboxylic acids is 1. The zero-order valence-corrected chi connectivity index (χ0v) is 14.7. The van der Waals surface area contributed by atoms with E-state index in [1.54, 1.807) is 24.3 Å². The lowest BCUT2D eigenvalue weighted by Gasteiger charge is -2.30. The topological polar surface area (TPSA) is 76.8 Å². The number of hydrogen-bond acceptors (Lipinski definition) is 6. The molecule has 0 bridgehead atoms. The molecule has 1 heterocycles. The van der Waals surface area contributed by atoms with E-state index in [0.29, 0.717) is 27.8 Å². The van der Waals surface area contributed by atoms with Crippen LogP contribution in [0.3, 0.4) is 0 Å². The summed E-state index contributed by atoms with van der Waals surface area (Å²) in [6.45, 7) is 3.61. The molecule has 2 aromatic carbocycles. The summed E-state index contributed by atoms with van der Waals surface area (Å²) in [5.74, 6) is 0.411. The van der Waals surface area contributed by atoms with Crippen LogP contribution in [0.5, 0.6) is 11.5 Å². The summed E-state index contributed by atoms with van der Waals surface area (Å²) in [7, 11) is 1.34. The highest BCUT2D eigenvalue weighted by Crippen LogP contribution is 2.33. The average molecular weight is 362 g/mol. The minimum Gasteiger partial charge on any atom is -0.465 e. The van der Waals surface area contributed by atoms with Crippen LogP contribution >= 0.6 is 11.6 Å². The first-order valence-corrected chi connectivity index (χ1v) is 8.36. The summed E-state index contributed by atoms with van der Waals surface area (Å²) >= 11 is 6.03. The van der Waals surface area contributed by atoms with E-state index in [1.807, 2.05) is 12.1 Å². The molecule has 0 radical (unpaired) electrons. The molecule has 3 rings (SSSR count). The summed E-state index contributed by atoms with van der Waals surface area (Å²) in [6, 6.07) is 10.4. The molecule has 1 aliphatic heterocycles. The van der Waals surface area contributed by atoms with Crippen LogP contribution in [0.15, 0.2) is 36.4 Å². The molecule has 25 heavy (non-hydrogen) atoms. The molecule has 6 nitrogen and oxygen atoms in total. The van der Waals surface area contributed by atoms with Crippen molar-refractivity contribution in [3.8, 4) is 11.5 Å². The van der Waals surface area contributed by atoms with Crippen LogP contribution in [-0.2, 0) is 4.74 Å². The van der Waals surface area contributed by atoms with Crippen molar-refractivity contribution in [1.29, 1.82) is 0 Å². The monoisotopic (exact) mass is 361 g/mol. The van der Waals surface area contributed by atoms with Gasteiger partial charge in [-0.2, -0.15) is 0 Å². The summed E-state index contributed by atoms with van der Waals surface area (Å²) in [5.41, 5.74) is 7.63. The van der Waals surface area contributed by atoms with Crippen molar-refractivity contribution in [3.05, 3.63) is 47.0 Å². The number of piperazine rings is 1. The number of nitrogens with two attached hydrogens (primary N) is 1. The lowest BCUT2D eigenvalue weighted by molar-refractivity contribution is 0.0598. The van der Waals surface area contributed by atoms with Crippen LogP contribution in [0.1, 0.15) is 10.4 Å². The number of methoxy groups -OCH3 is 1. The second-order valence-corrected chi connectivity index (χ2v) is 6.17. The Kier molecular flexibility index (Phi) is 5.31.